The minimum Gasteiger partial charge on any atom is -0.444 e. The number of hydrogen-bond acceptors (Lipinski definition) is 3. The van der Waals surface area contributed by atoms with E-state index in [-0.39, 0.29) is 23.9 Å². The van der Waals surface area contributed by atoms with E-state index >= 15 is 0 Å². The molecule has 3 rings (SSSR count). The van der Waals surface area contributed by atoms with Crippen LogP contribution in [0.5, 0.6) is 5.75 Å². The first kappa shape index (κ1) is 19.6. The van der Waals surface area contributed by atoms with E-state index < -0.39 is 12.0 Å². The summed E-state index contributed by atoms with van der Waals surface area (Å²) in [5.74, 6) is -0.173. The summed E-state index contributed by atoms with van der Waals surface area (Å²) in [7, 11) is 0. The van der Waals surface area contributed by atoms with Crippen LogP contribution in [0.2, 0.25) is 0 Å². The molecular weight excluding hydrogens is 359 g/mol. The summed E-state index contributed by atoms with van der Waals surface area (Å²) in [6, 6.07) is 6.15. The van der Waals surface area contributed by atoms with E-state index in [1.165, 1.54) is 12.1 Å². The normalized spacial score (nSPS) is 22.4. The highest BCUT2D eigenvalue weighted by Crippen LogP contribution is 2.38. The van der Waals surface area contributed by atoms with Gasteiger partial charge in [0.15, 0.2) is 0 Å². The van der Waals surface area contributed by atoms with Gasteiger partial charge < -0.3 is 9.47 Å². The molecule has 7 heteroatoms. The summed E-state index contributed by atoms with van der Waals surface area (Å²) in [6.45, 7) is 5.49. The Morgan fingerprint density at radius 3 is 2.52 bits per heavy atom. The second-order valence-electron chi connectivity index (χ2n) is 8.05. The van der Waals surface area contributed by atoms with Crippen molar-refractivity contribution in [1.29, 1.82) is 0 Å². The number of halogens is 3. The number of carbonyl (C=O) groups excluding carboxylic acids is 1. The van der Waals surface area contributed by atoms with Crippen molar-refractivity contribution in [3.8, 4) is 5.75 Å². The van der Waals surface area contributed by atoms with Gasteiger partial charge in [-0.2, -0.15) is 0 Å². The summed E-state index contributed by atoms with van der Waals surface area (Å²) in [6.07, 6.45) is -0.330. The zero-order valence-electron chi connectivity index (χ0n) is 15.7. The fraction of sp³-hybridized carbons (Fsp3) is 0.550. The van der Waals surface area contributed by atoms with Crippen molar-refractivity contribution in [3.05, 3.63) is 41.5 Å². The van der Waals surface area contributed by atoms with Crippen molar-refractivity contribution >= 4 is 6.09 Å². The lowest BCUT2D eigenvalue weighted by atomic mass is 9.95. The largest absolute Gasteiger partial charge is 0.573 e. The second-order valence-corrected chi connectivity index (χ2v) is 8.05. The molecule has 2 bridgehead atoms. The number of carbonyl (C=O) groups is 1. The van der Waals surface area contributed by atoms with E-state index in [2.05, 4.69) is 4.74 Å². The number of hydrogen-bond donors (Lipinski definition) is 0. The van der Waals surface area contributed by atoms with E-state index in [1.807, 2.05) is 26.8 Å². The third kappa shape index (κ3) is 4.96. The molecule has 2 heterocycles. The van der Waals surface area contributed by atoms with Crippen LogP contribution in [0.15, 0.2) is 35.9 Å². The van der Waals surface area contributed by atoms with Crippen LogP contribution in [-0.4, -0.2) is 35.0 Å². The molecule has 1 aromatic rings. The maximum Gasteiger partial charge on any atom is 0.573 e. The summed E-state index contributed by atoms with van der Waals surface area (Å²) in [4.78, 5) is 14.3. The number of alkyl halides is 3. The maximum atomic E-state index is 12.6. The van der Waals surface area contributed by atoms with Gasteiger partial charge in [-0.05, 0) is 58.1 Å². The van der Waals surface area contributed by atoms with Crippen molar-refractivity contribution in [2.45, 2.75) is 70.5 Å². The first-order valence-electron chi connectivity index (χ1n) is 9.06. The lowest BCUT2D eigenvalue weighted by Crippen LogP contribution is -2.45. The van der Waals surface area contributed by atoms with Gasteiger partial charge >= 0.3 is 12.5 Å². The zero-order valence-corrected chi connectivity index (χ0v) is 15.7. The highest BCUT2D eigenvalue weighted by Gasteiger charge is 2.41. The molecule has 2 aliphatic heterocycles. The first-order valence-corrected chi connectivity index (χ1v) is 9.06. The minimum atomic E-state index is -4.72. The second kappa shape index (κ2) is 7.09. The highest BCUT2D eigenvalue weighted by molar-refractivity contribution is 5.70. The molecule has 1 amide bonds. The van der Waals surface area contributed by atoms with Crippen molar-refractivity contribution < 1.29 is 27.4 Å². The van der Waals surface area contributed by atoms with Crippen LogP contribution in [0.4, 0.5) is 18.0 Å². The monoisotopic (exact) mass is 383 g/mol. The molecule has 4 nitrogen and oxygen atoms in total. The molecule has 0 aromatic heterocycles. The van der Waals surface area contributed by atoms with E-state index in [9.17, 15) is 18.0 Å². The Kier molecular flexibility index (Phi) is 5.14. The molecule has 1 saturated heterocycles. The van der Waals surface area contributed by atoms with Crippen LogP contribution in [0.25, 0.3) is 0 Å². The predicted octanol–water partition coefficient (Wildman–Crippen LogP) is 5.23. The molecule has 0 N–H and O–H groups in total. The Morgan fingerprint density at radius 1 is 1.19 bits per heavy atom. The Bertz CT molecular complexity index is 737. The summed E-state index contributed by atoms with van der Waals surface area (Å²) < 4.78 is 47.5. The first-order chi connectivity index (χ1) is 12.5. The third-order valence-electron chi connectivity index (χ3n) is 4.69. The fourth-order valence-corrected chi connectivity index (χ4v) is 3.77. The third-order valence-corrected chi connectivity index (χ3v) is 4.69. The Labute approximate surface area is 156 Å². The lowest BCUT2D eigenvalue weighted by Gasteiger charge is -2.35. The van der Waals surface area contributed by atoms with E-state index in [0.29, 0.717) is 18.4 Å². The average molecular weight is 383 g/mol. The maximum absolute atomic E-state index is 12.6. The number of para-hydroxylation sites is 1. The molecule has 27 heavy (non-hydrogen) atoms. The number of ether oxygens (including phenoxy) is 2. The van der Waals surface area contributed by atoms with Gasteiger partial charge in [0.25, 0.3) is 0 Å². The van der Waals surface area contributed by atoms with E-state index in [1.54, 1.807) is 17.0 Å². The topological polar surface area (TPSA) is 38.8 Å². The van der Waals surface area contributed by atoms with Crippen LogP contribution in [0.1, 0.15) is 45.6 Å². The van der Waals surface area contributed by atoms with Gasteiger partial charge in [-0.3, -0.25) is 4.90 Å². The quantitative estimate of drug-likeness (QED) is 0.671. The van der Waals surface area contributed by atoms with Crippen LogP contribution < -0.4 is 4.74 Å². The number of amides is 1. The Morgan fingerprint density at radius 2 is 1.89 bits per heavy atom. The van der Waals surface area contributed by atoms with Gasteiger partial charge in [0.05, 0.1) is 6.04 Å². The molecule has 0 radical (unpaired) electrons. The molecule has 2 aliphatic rings. The van der Waals surface area contributed by atoms with Crippen LogP contribution in [0, 0.1) is 0 Å². The SMILES string of the molecule is CC(C)(C)OC(=O)N1C2C=C(Cc3ccccc3OC(F)(F)F)CC1CC2. The Hall–Kier alpha value is -2.18. The molecule has 2 unspecified atom stereocenters. The highest BCUT2D eigenvalue weighted by atomic mass is 19.4. The molecule has 148 valence electrons. The van der Waals surface area contributed by atoms with Gasteiger partial charge in [0, 0.05) is 6.04 Å². The average Bonchev–Trinajstić information content (AvgIpc) is 2.78. The predicted molar refractivity (Wildman–Crippen MR) is 94.4 cm³/mol. The fourth-order valence-electron chi connectivity index (χ4n) is 3.77. The molecule has 1 fully saturated rings. The van der Waals surface area contributed by atoms with E-state index in [4.69, 9.17) is 4.74 Å². The number of fused-ring (bicyclic) bond motifs is 2. The van der Waals surface area contributed by atoms with Crippen LogP contribution in [-0.2, 0) is 11.2 Å². The van der Waals surface area contributed by atoms with Crippen molar-refractivity contribution in [1.82, 2.24) is 4.90 Å². The zero-order chi connectivity index (χ0) is 19.8. The van der Waals surface area contributed by atoms with Gasteiger partial charge in [0.1, 0.15) is 11.4 Å². The lowest BCUT2D eigenvalue weighted by molar-refractivity contribution is -0.274. The standard InChI is InChI=1S/C20H24F3NO3/c1-19(2,3)27-18(25)24-15-8-9-16(24)12-13(11-15)10-14-6-4-5-7-17(14)26-20(21,22)23/h4-7,11,15-16H,8-10,12H2,1-3H3. The van der Waals surface area contributed by atoms with E-state index in [0.717, 1.165) is 18.4 Å². The van der Waals surface area contributed by atoms with Crippen molar-refractivity contribution in [2.75, 3.05) is 0 Å². The molecule has 0 spiro atoms. The van der Waals surface area contributed by atoms with Gasteiger partial charge in [0.2, 0.25) is 0 Å². The molecule has 0 saturated carbocycles. The van der Waals surface area contributed by atoms with Crippen LogP contribution in [0.3, 0.4) is 0 Å². The molecule has 1 aromatic carbocycles. The van der Waals surface area contributed by atoms with Crippen molar-refractivity contribution in [3.63, 3.8) is 0 Å². The summed E-state index contributed by atoms with van der Waals surface area (Å²) >= 11 is 0. The number of nitrogens with zero attached hydrogens (tertiary/aromatic N) is 1. The smallest absolute Gasteiger partial charge is 0.444 e. The molecule has 2 atom stereocenters. The minimum absolute atomic E-state index is 0.0283. The van der Waals surface area contributed by atoms with Gasteiger partial charge in [-0.25, -0.2) is 4.79 Å². The molecule has 0 aliphatic carbocycles. The van der Waals surface area contributed by atoms with Crippen LogP contribution >= 0.6 is 0 Å². The number of benzene rings is 1. The summed E-state index contributed by atoms with van der Waals surface area (Å²) in [5, 5.41) is 0. The van der Waals surface area contributed by atoms with Crippen molar-refractivity contribution in [2.24, 2.45) is 0 Å². The van der Waals surface area contributed by atoms with Gasteiger partial charge in [-0.1, -0.05) is 29.8 Å². The summed E-state index contributed by atoms with van der Waals surface area (Å²) in [5.41, 5.74) is 0.959. The number of rotatable bonds is 3. The van der Waals surface area contributed by atoms with Gasteiger partial charge in [-0.15, -0.1) is 13.2 Å². The Balaban J connectivity index is 1.74. The molecular formula is C20H24F3NO3.